The summed E-state index contributed by atoms with van der Waals surface area (Å²) in [6, 6.07) is 13.0. The minimum absolute atomic E-state index is 0.0878. The number of alkyl halides is 2. The molecule has 144 valence electrons. The van der Waals surface area contributed by atoms with Gasteiger partial charge in [0.1, 0.15) is 5.69 Å². The summed E-state index contributed by atoms with van der Waals surface area (Å²) < 4.78 is 27.9. The molecule has 0 saturated carbocycles. The maximum absolute atomic E-state index is 13.6. The van der Waals surface area contributed by atoms with Crippen LogP contribution in [0.3, 0.4) is 0 Å². The van der Waals surface area contributed by atoms with Crippen LogP contribution in [0.15, 0.2) is 54.0 Å². The van der Waals surface area contributed by atoms with Gasteiger partial charge in [0.15, 0.2) is 11.2 Å². The summed E-state index contributed by atoms with van der Waals surface area (Å²) in [4.78, 5) is 17.9. The van der Waals surface area contributed by atoms with E-state index in [4.69, 9.17) is 0 Å². The molecule has 2 aromatic heterocycles. The molecular formula is C20H17F2N3O2S. The number of hydrogen-bond donors (Lipinski definition) is 0. The Labute approximate surface area is 164 Å². The average Bonchev–Trinajstić information content (AvgIpc) is 3.17. The van der Waals surface area contributed by atoms with E-state index in [9.17, 15) is 18.8 Å². The van der Waals surface area contributed by atoms with Crippen molar-refractivity contribution in [1.82, 2.24) is 9.88 Å². The Hall–Kier alpha value is -2.87. The highest BCUT2D eigenvalue weighted by Gasteiger charge is 2.37. The number of aromatic nitrogens is 2. The highest BCUT2D eigenvalue weighted by molar-refractivity contribution is 7.13. The highest BCUT2D eigenvalue weighted by Crippen LogP contribution is 2.29. The SMILES string of the molecule is O=C(c1csc(-c2ccc(-c3ccccc3)c[n+]2[O-])n1)N1CCCC(F)(F)C1. The minimum Gasteiger partial charge on any atom is -0.618 e. The summed E-state index contributed by atoms with van der Waals surface area (Å²) in [5.41, 5.74) is 2.08. The number of pyridine rings is 1. The molecule has 0 aliphatic carbocycles. The van der Waals surface area contributed by atoms with Crippen molar-refractivity contribution in [1.29, 1.82) is 0 Å². The smallest absolute Gasteiger partial charge is 0.273 e. The van der Waals surface area contributed by atoms with Gasteiger partial charge in [0.25, 0.3) is 17.5 Å². The number of hydrogen-bond acceptors (Lipinski definition) is 4. The van der Waals surface area contributed by atoms with Gasteiger partial charge in [-0.2, -0.15) is 4.73 Å². The van der Waals surface area contributed by atoms with Crippen LogP contribution >= 0.6 is 11.3 Å². The van der Waals surface area contributed by atoms with Crippen molar-refractivity contribution < 1.29 is 18.3 Å². The zero-order chi connectivity index (χ0) is 19.7. The molecule has 8 heteroatoms. The second-order valence-electron chi connectivity index (χ2n) is 6.72. The first kappa shape index (κ1) is 18.5. The van der Waals surface area contributed by atoms with Crippen molar-refractivity contribution in [3.63, 3.8) is 0 Å². The Balaban J connectivity index is 1.57. The van der Waals surface area contributed by atoms with Crippen LogP contribution in [0.2, 0.25) is 0 Å². The zero-order valence-electron chi connectivity index (χ0n) is 14.8. The molecule has 1 amide bonds. The maximum Gasteiger partial charge on any atom is 0.273 e. The molecule has 5 nitrogen and oxygen atoms in total. The van der Waals surface area contributed by atoms with E-state index < -0.39 is 18.4 Å². The van der Waals surface area contributed by atoms with Crippen LogP contribution in [0.25, 0.3) is 21.8 Å². The minimum atomic E-state index is -2.86. The normalized spacial score (nSPS) is 16.1. The molecule has 0 radical (unpaired) electrons. The van der Waals surface area contributed by atoms with Crippen LogP contribution in [-0.2, 0) is 0 Å². The third-order valence-corrected chi connectivity index (χ3v) is 5.51. The van der Waals surface area contributed by atoms with E-state index in [0.29, 0.717) is 15.4 Å². The van der Waals surface area contributed by atoms with Crippen LogP contribution < -0.4 is 4.73 Å². The molecule has 0 bridgehead atoms. The van der Waals surface area contributed by atoms with Crippen molar-refractivity contribution in [2.24, 2.45) is 0 Å². The molecule has 4 rings (SSSR count). The second-order valence-corrected chi connectivity index (χ2v) is 7.58. The standard InChI is InChI=1S/C20H17F2N3O2S/c21-20(22)9-4-10-24(13-20)19(26)16-12-28-18(23-16)17-8-7-15(11-25(17)27)14-5-2-1-3-6-14/h1-3,5-8,11-12H,4,9-10,13H2. The van der Waals surface area contributed by atoms with Gasteiger partial charge in [0.05, 0.1) is 6.54 Å². The van der Waals surface area contributed by atoms with Gasteiger partial charge in [-0.3, -0.25) is 4.79 Å². The number of benzene rings is 1. The van der Waals surface area contributed by atoms with Gasteiger partial charge < -0.3 is 10.1 Å². The number of carbonyl (C=O) groups excluding carboxylic acids is 1. The molecular weight excluding hydrogens is 384 g/mol. The van der Waals surface area contributed by atoms with E-state index in [1.54, 1.807) is 6.07 Å². The third kappa shape index (κ3) is 3.73. The van der Waals surface area contributed by atoms with Gasteiger partial charge >= 0.3 is 0 Å². The number of carbonyl (C=O) groups is 1. The van der Waals surface area contributed by atoms with Crippen LogP contribution in [0.5, 0.6) is 0 Å². The van der Waals surface area contributed by atoms with E-state index in [-0.39, 0.29) is 25.1 Å². The van der Waals surface area contributed by atoms with Gasteiger partial charge in [0.2, 0.25) is 0 Å². The topological polar surface area (TPSA) is 60.1 Å². The molecule has 3 heterocycles. The van der Waals surface area contributed by atoms with E-state index in [0.717, 1.165) is 27.4 Å². The van der Waals surface area contributed by atoms with Crippen molar-refractivity contribution in [3.8, 4) is 21.8 Å². The van der Waals surface area contributed by atoms with Crippen LogP contribution in [0, 0.1) is 5.21 Å². The predicted octanol–water partition coefficient (Wildman–Crippen LogP) is 3.98. The van der Waals surface area contributed by atoms with Crippen molar-refractivity contribution in [2.75, 3.05) is 13.1 Å². The number of amides is 1. The largest absolute Gasteiger partial charge is 0.618 e. The number of rotatable bonds is 3. The van der Waals surface area contributed by atoms with Crippen molar-refractivity contribution in [3.05, 3.63) is 64.9 Å². The van der Waals surface area contributed by atoms with E-state index in [2.05, 4.69) is 4.98 Å². The fourth-order valence-electron chi connectivity index (χ4n) is 3.24. The Bertz CT molecular complexity index is 1010. The monoisotopic (exact) mass is 401 g/mol. The lowest BCUT2D eigenvalue weighted by Crippen LogP contribution is -2.45. The molecule has 1 aromatic carbocycles. The lowest BCUT2D eigenvalue weighted by Gasteiger charge is -2.31. The Kier molecular flexibility index (Phi) is 4.80. The van der Waals surface area contributed by atoms with Gasteiger partial charge in [-0.15, -0.1) is 11.3 Å². The van der Waals surface area contributed by atoms with Crippen molar-refractivity contribution in [2.45, 2.75) is 18.8 Å². The molecule has 1 fully saturated rings. The number of thiazole rings is 1. The maximum atomic E-state index is 13.6. The number of nitrogens with zero attached hydrogens (tertiary/aromatic N) is 3. The number of likely N-dealkylation sites (tertiary alicyclic amines) is 1. The van der Waals surface area contributed by atoms with E-state index >= 15 is 0 Å². The Morgan fingerprint density at radius 2 is 1.96 bits per heavy atom. The highest BCUT2D eigenvalue weighted by atomic mass is 32.1. The molecule has 0 unspecified atom stereocenters. The van der Waals surface area contributed by atoms with E-state index in [1.807, 2.05) is 36.4 Å². The molecule has 1 saturated heterocycles. The van der Waals surface area contributed by atoms with Crippen LogP contribution in [0.4, 0.5) is 8.78 Å². The zero-order valence-corrected chi connectivity index (χ0v) is 15.7. The quantitative estimate of drug-likeness (QED) is 0.493. The summed E-state index contributed by atoms with van der Waals surface area (Å²) >= 11 is 1.14. The Morgan fingerprint density at radius 1 is 1.18 bits per heavy atom. The average molecular weight is 401 g/mol. The first-order chi connectivity index (χ1) is 13.4. The lowest BCUT2D eigenvalue weighted by molar-refractivity contribution is -0.593. The molecule has 28 heavy (non-hydrogen) atoms. The fraction of sp³-hybridized carbons (Fsp3) is 0.250. The molecule has 1 aliphatic heterocycles. The van der Waals surface area contributed by atoms with Crippen LogP contribution in [-0.4, -0.2) is 34.8 Å². The number of piperidine rings is 1. The molecule has 0 spiro atoms. The molecule has 0 N–H and O–H groups in total. The third-order valence-electron chi connectivity index (χ3n) is 4.64. The summed E-state index contributed by atoms with van der Waals surface area (Å²) in [5, 5.41) is 14.4. The van der Waals surface area contributed by atoms with Gasteiger partial charge in [-0.05, 0) is 18.1 Å². The molecule has 1 aliphatic rings. The molecule has 3 aromatic rings. The van der Waals surface area contributed by atoms with Crippen molar-refractivity contribution >= 4 is 17.2 Å². The first-order valence-corrected chi connectivity index (χ1v) is 9.73. The summed E-state index contributed by atoms with van der Waals surface area (Å²) in [5.74, 6) is -3.39. The lowest BCUT2D eigenvalue weighted by atomic mass is 10.1. The van der Waals surface area contributed by atoms with Gasteiger partial charge in [-0.1, -0.05) is 30.3 Å². The van der Waals surface area contributed by atoms with E-state index in [1.165, 1.54) is 11.6 Å². The first-order valence-electron chi connectivity index (χ1n) is 8.85. The van der Waals surface area contributed by atoms with Crippen LogP contribution in [0.1, 0.15) is 23.3 Å². The number of halogens is 2. The summed E-state index contributed by atoms with van der Waals surface area (Å²) in [7, 11) is 0. The predicted molar refractivity (Wildman–Crippen MR) is 102 cm³/mol. The Morgan fingerprint density at radius 3 is 2.68 bits per heavy atom. The summed E-state index contributed by atoms with van der Waals surface area (Å²) in [6.07, 6.45) is 1.51. The molecule has 0 atom stereocenters. The van der Waals surface area contributed by atoms with Gasteiger partial charge in [-0.25, -0.2) is 13.8 Å². The van der Waals surface area contributed by atoms with Gasteiger partial charge in [0, 0.05) is 30.0 Å². The summed E-state index contributed by atoms with van der Waals surface area (Å²) in [6.45, 7) is -0.305. The second kappa shape index (κ2) is 7.27. The fourth-order valence-corrected chi connectivity index (χ4v) is 4.05.